The molecule has 2 aliphatic rings. The summed E-state index contributed by atoms with van der Waals surface area (Å²) in [5.41, 5.74) is 1.92. The first-order valence-electron chi connectivity index (χ1n) is 6.14. The van der Waals surface area contributed by atoms with Gasteiger partial charge in [0, 0.05) is 13.2 Å². The van der Waals surface area contributed by atoms with Crippen molar-refractivity contribution in [1.29, 1.82) is 0 Å². The Kier molecular flexibility index (Phi) is 2.88. The molecule has 1 N–H and O–H groups in total. The molecule has 0 saturated carbocycles. The first-order valence-corrected chi connectivity index (χ1v) is 7.02. The van der Waals surface area contributed by atoms with Gasteiger partial charge in [-0.3, -0.25) is 4.79 Å². The van der Waals surface area contributed by atoms with Crippen molar-refractivity contribution in [2.24, 2.45) is 0 Å². The average molecular weight is 268 g/mol. The van der Waals surface area contributed by atoms with E-state index in [0.29, 0.717) is 24.6 Å². The molecule has 0 aliphatic carbocycles. The molecule has 5 nitrogen and oxygen atoms in total. The maximum Gasteiger partial charge on any atom is 0.266 e. The number of hydrogen-bond acceptors (Lipinski definition) is 5. The van der Waals surface area contributed by atoms with E-state index >= 15 is 0 Å². The SMILES string of the molecule is Cc1ncsc1C(=O)N1C[C@H](O)[C@]2(CCCO2)C1. The zero-order valence-corrected chi connectivity index (χ0v) is 11.1. The van der Waals surface area contributed by atoms with Gasteiger partial charge in [-0.2, -0.15) is 0 Å². The molecule has 0 bridgehead atoms. The molecule has 2 aliphatic heterocycles. The summed E-state index contributed by atoms with van der Waals surface area (Å²) >= 11 is 1.35. The molecule has 2 saturated heterocycles. The Bertz CT molecular complexity index is 468. The van der Waals surface area contributed by atoms with Gasteiger partial charge in [0.25, 0.3) is 5.91 Å². The lowest BCUT2D eigenvalue weighted by atomic mass is 9.97. The van der Waals surface area contributed by atoms with Crippen LogP contribution < -0.4 is 0 Å². The molecule has 1 aromatic heterocycles. The zero-order chi connectivity index (χ0) is 12.8. The standard InChI is InChI=1S/C12H16N2O3S/c1-8-10(18-7-13-8)11(16)14-5-9(15)12(6-14)3-2-4-17-12/h7,9,15H,2-6H2,1H3/t9-,12-/m0/s1. The second-order valence-corrected chi connectivity index (χ2v) is 5.84. The van der Waals surface area contributed by atoms with E-state index in [-0.39, 0.29) is 5.91 Å². The molecule has 1 amide bonds. The van der Waals surface area contributed by atoms with Gasteiger partial charge in [0.15, 0.2) is 0 Å². The summed E-state index contributed by atoms with van der Waals surface area (Å²) in [6.45, 7) is 3.36. The minimum absolute atomic E-state index is 0.0403. The van der Waals surface area contributed by atoms with Crippen LogP contribution in [0.25, 0.3) is 0 Å². The number of aromatic nitrogens is 1. The fraction of sp³-hybridized carbons (Fsp3) is 0.667. The molecule has 3 rings (SSSR count). The van der Waals surface area contributed by atoms with Crippen molar-refractivity contribution < 1.29 is 14.6 Å². The summed E-state index contributed by atoms with van der Waals surface area (Å²) < 4.78 is 5.69. The number of hydrogen-bond donors (Lipinski definition) is 1. The predicted octanol–water partition coefficient (Wildman–Crippen LogP) is 0.817. The van der Waals surface area contributed by atoms with Crippen LogP contribution in [0.4, 0.5) is 0 Å². The van der Waals surface area contributed by atoms with E-state index in [1.807, 2.05) is 6.92 Å². The average Bonchev–Trinajstić information content (AvgIpc) is 3.03. The minimum Gasteiger partial charge on any atom is -0.388 e. The molecule has 18 heavy (non-hydrogen) atoms. The second kappa shape index (κ2) is 4.29. The summed E-state index contributed by atoms with van der Waals surface area (Å²) in [7, 11) is 0. The number of carbonyl (C=O) groups excluding carboxylic acids is 1. The highest BCUT2D eigenvalue weighted by Crippen LogP contribution is 2.36. The van der Waals surface area contributed by atoms with Crippen LogP contribution >= 0.6 is 11.3 Å². The molecule has 1 aromatic rings. The third kappa shape index (κ3) is 1.75. The number of thiazole rings is 1. The number of carbonyl (C=O) groups is 1. The number of aliphatic hydroxyl groups is 1. The second-order valence-electron chi connectivity index (χ2n) is 4.99. The highest BCUT2D eigenvalue weighted by atomic mass is 32.1. The third-order valence-electron chi connectivity index (χ3n) is 3.82. The van der Waals surface area contributed by atoms with Gasteiger partial charge in [-0.1, -0.05) is 0 Å². The monoisotopic (exact) mass is 268 g/mol. The highest BCUT2D eigenvalue weighted by molar-refractivity contribution is 7.11. The maximum absolute atomic E-state index is 12.3. The highest BCUT2D eigenvalue weighted by Gasteiger charge is 2.50. The molecule has 3 heterocycles. The molecular weight excluding hydrogens is 252 g/mol. The van der Waals surface area contributed by atoms with Crippen LogP contribution in [0.5, 0.6) is 0 Å². The fourth-order valence-electron chi connectivity index (χ4n) is 2.78. The smallest absolute Gasteiger partial charge is 0.266 e. The number of likely N-dealkylation sites (tertiary alicyclic amines) is 1. The van der Waals surface area contributed by atoms with Crippen molar-refractivity contribution in [2.45, 2.75) is 31.5 Å². The van der Waals surface area contributed by atoms with Gasteiger partial charge in [-0.15, -0.1) is 11.3 Å². The van der Waals surface area contributed by atoms with E-state index < -0.39 is 11.7 Å². The van der Waals surface area contributed by atoms with Crippen molar-refractivity contribution in [3.63, 3.8) is 0 Å². The molecule has 1 spiro atoms. The third-order valence-corrected chi connectivity index (χ3v) is 4.74. The molecule has 2 fully saturated rings. The van der Waals surface area contributed by atoms with Gasteiger partial charge in [0.05, 0.1) is 17.7 Å². The van der Waals surface area contributed by atoms with Crippen molar-refractivity contribution in [2.75, 3.05) is 19.7 Å². The minimum atomic E-state index is -0.572. The molecule has 6 heteroatoms. The molecule has 0 aromatic carbocycles. The predicted molar refractivity (Wildman–Crippen MR) is 66.7 cm³/mol. The van der Waals surface area contributed by atoms with Gasteiger partial charge < -0.3 is 14.7 Å². The van der Waals surface area contributed by atoms with Crippen LogP contribution in [0, 0.1) is 6.92 Å². The zero-order valence-electron chi connectivity index (χ0n) is 10.3. The summed E-state index contributed by atoms with van der Waals surface area (Å²) in [5.74, 6) is -0.0403. The van der Waals surface area contributed by atoms with E-state index in [1.54, 1.807) is 10.4 Å². The van der Waals surface area contributed by atoms with Crippen molar-refractivity contribution in [1.82, 2.24) is 9.88 Å². The lowest BCUT2D eigenvalue weighted by molar-refractivity contribution is -0.0590. The lowest BCUT2D eigenvalue weighted by Crippen LogP contribution is -2.41. The summed E-state index contributed by atoms with van der Waals surface area (Å²) in [4.78, 5) is 18.8. The van der Waals surface area contributed by atoms with Gasteiger partial charge >= 0.3 is 0 Å². The first-order chi connectivity index (χ1) is 8.62. The van der Waals surface area contributed by atoms with Crippen LogP contribution in [0.15, 0.2) is 5.51 Å². The van der Waals surface area contributed by atoms with E-state index in [9.17, 15) is 9.90 Å². The summed E-state index contributed by atoms with van der Waals surface area (Å²) in [6.07, 6.45) is 1.22. The van der Waals surface area contributed by atoms with E-state index in [2.05, 4.69) is 4.98 Å². The van der Waals surface area contributed by atoms with E-state index in [1.165, 1.54) is 11.3 Å². The van der Waals surface area contributed by atoms with Crippen LogP contribution in [0.3, 0.4) is 0 Å². The van der Waals surface area contributed by atoms with Crippen molar-refractivity contribution in [3.8, 4) is 0 Å². The molecule has 0 radical (unpaired) electrons. The summed E-state index contributed by atoms with van der Waals surface area (Å²) in [6, 6.07) is 0. The number of rotatable bonds is 1. The molecule has 98 valence electrons. The fourth-order valence-corrected chi connectivity index (χ4v) is 3.55. The van der Waals surface area contributed by atoms with Gasteiger partial charge in [-0.05, 0) is 19.8 Å². The Morgan fingerprint density at radius 3 is 3.17 bits per heavy atom. The van der Waals surface area contributed by atoms with Crippen molar-refractivity contribution >= 4 is 17.2 Å². The van der Waals surface area contributed by atoms with E-state index in [4.69, 9.17) is 4.74 Å². The van der Waals surface area contributed by atoms with Crippen molar-refractivity contribution in [3.05, 3.63) is 16.1 Å². The van der Waals surface area contributed by atoms with Gasteiger partial charge in [-0.25, -0.2) is 4.98 Å². The number of aryl methyl sites for hydroxylation is 1. The van der Waals surface area contributed by atoms with Crippen LogP contribution in [-0.2, 0) is 4.74 Å². The first kappa shape index (κ1) is 12.1. The Hall–Kier alpha value is -0.980. The maximum atomic E-state index is 12.3. The summed E-state index contributed by atoms with van der Waals surface area (Å²) in [5, 5.41) is 10.1. The Morgan fingerprint density at radius 2 is 2.56 bits per heavy atom. The Morgan fingerprint density at radius 1 is 1.72 bits per heavy atom. The molecule has 0 unspecified atom stereocenters. The number of ether oxygens (including phenoxy) is 1. The topological polar surface area (TPSA) is 62.7 Å². The number of nitrogens with zero attached hydrogens (tertiary/aromatic N) is 2. The van der Waals surface area contributed by atoms with Crippen LogP contribution in [0.1, 0.15) is 28.2 Å². The van der Waals surface area contributed by atoms with Crippen LogP contribution in [0.2, 0.25) is 0 Å². The Balaban J connectivity index is 1.79. The largest absolute Gasteiger partial charge is 0.388 e. The van der Waals surface area contributed by atoms with Gasteiger partial charge in [0.1, 0.15) is 16.6 Å². The number of amides is 1. The van der Waals surface area contributed by atoms with Crippen LogP contribution in [-0.4, -0.2) is 52.3 Å². The quantitative estimate of drug-likeness (QED) is 0.819. The van der Waals surface area contributed by atoms with E-state index in [0.717, 1.165) is 18.5 Å². The molecular formula is C12H16N2O3S. The molecule has 2 atom stereocenters. The normalized spacial score (nSPS) is 31.4. The number of aliphatic hydroxyl groups excluding tert-OH is 1. The lowest BCUT2D eigenvalue weighted by Gasteiger charge is -2.25. The number of β-amino-alcohol motifs (C(OH)–C–C–N with tert-alkyl or cyclic N) is 1. The van der Waals surface area contributed by atoms with Gasteiger partial charge in [0.2, 0.25) is 0 Å². The Labute approximate surface area is 109 Å².